The van der Waals surface area contributed by atoms with Crippen LogP contribution in [0.3, 0.4) is 0 Å². The van der Waals surface area contributed by atoms with Crippen molar-refractivity contribution in [3.05, 3.63) is 71.9 Å². The summed E-state index contributed by atoms with van der Waals surface area (Å²) in [5, 5.41) is 5.25. The Bertz CT molecular complexity index is 1110. The zero-order valence-electron chi connectivity index (χ0n) is 13.9. The Morgan fingerprint density at radius 2 is 1.85 bits per heavy atom. The second-order valence-corrected chi connectivity index (χ2v) is 7.78. The molecule has 1 aromatic heterocycles. The third-order valence-corrected chi connectivity index (χ3v) is 4.68. The maximum absolute atomic E-state index is 13.0. The Balaban J connectivity index is 1.90. The summed E-state index contributed by atoms with van der Waals surface area (Å²) in [6.07, 6.45) is 1.95. The smallest absolute Gasteiger partial charge is 0.273 e. The van der Waals surface area contributed by atoms with Crippen LogP contribution in [-0.2, 0) is 10.0 Å². The molecule has 1 aliphatic heterocycles. The van der Waals surface area contributed by atoms with Gasteiger partial charge in [0.15, 0.2) is 0 Å². The molecule has 4 rings (SSSR count). The minimum atomic E-state index is -3.66. The number of hydrazine groups is 1. The van der Waals surface area contributed by atoms with E-state index in [9.17, 15) is 13.2 Å². The lowest BCUT2D eigenvalue weighted by molar-refractivity contribution is 0.0634. The fraction of sp³-hybridized carbons (Fsp3) is 0.111. The molecule has 0 spiro atoms. The topological polar surface area (TPSA) is 91.4 Å². The van der Waals surface area contributed by atoms with E-state index < -0.39 is 22.1 Å². The molecule has 2 aromatic carbocycles. The summed E-state index contributed by atoms with van der Waals surface area (Å²) < 4.78 is 23.7. The quantitative estimate of drug-likeness (QED) is 0.740. The summed E-state index contributed by atoms with van der Waals surface area (Å²) in [4.78, 5) is 19.7. The molecule has 0 fully saturated rings. The van der Waals surface area contributed by atoms with E-state index in [1.807, 2.05) is 36.4 Å². The van der Waals surface area contributed by atoms with Crippen molar-refractivity contribution in [2.45, 2.75) is 6.17 Å². The third-order valence-electron chi connectivity index (χ3n) is 4.15. The van der Waals surface area contributed by atoms with Crippen LogP contribution in [0.4, 0.5) is 5.69 Å². The van der Waals surface area contributed by atoms with Gasteiger partial charge in [-0.05, 0) is 18.2 Å². The lowest BCUT2D eigenvalue weighted by Crippen LogP contribution is -2.52. The summed E-state index contributed by atoms with van der Waals surface area (Å²) in [5.74, 6) is -0.428. The Hall–Kier alpha value is -2.97. The molecule has 8 heteroatoms. The van der Waals surface area contributed by atoms with Gasteiger partial charge in [-0.3, -0.25) is 9.78 Å². The summed E-state index contributed by atoms with van der Waals surface area (Å²) in [5.41, 5.74) is 2.43. The highest BCUT2D eigenvalue weighted by atomic mass is 32.2. The van der Waals surface area contributed by atoms with E-state index in [0.717, 1.165) is 16.7 Å². The second-order valence-electron chi connectivity index (χ2n) is 6.05. The van der Waals surface area contributed by atoms with Crippen molar-refractivity contribution in [1.82, 2.24) is 14.8 Å². The highest BCUT2D eigenvalue weighted by Crippen LogP contribution is 2.34. The molecule has 0 bridgehead atoms. The number of hydrogen-bond acceptors (Lipinski definition) is 5. The molecular weight excluding hydrogens is 352 g/mol. The number of fused-ring (bicyclic) bond motifs is 2. The number of carbonyl (C=O) groups excluding carboxylic acids is 1. The van der Waals surface area contributed by atoms with Gasteiger partial charge in [-0.15, -0.1) is 4.83 Å². The number of amides is 1. The molecule has 1 atom stereocenters. The number of rotatable bonds is 3. The van der Waals surface area contributed by atoms with Gasteiger partial charge in [-0.25, -0.2) is 13.4 Å². The van der Waals surface area contributed by atoms with Gasteiger partial charge in [-0.1, -0.05) is 36.4 Å². The summed E-state index contributed by atoms with van der Waals surface area (Å²) >= 11 is 0. The molecule has 1 amide bonds. The van der Waals surface area contributed by atoms with Gasteiger partial charge >= 0.3 is 0 Å². The lowest BCUT2D eigenvalue weighted by atomic mass is 10.0. The van der Waals surface area contributed by atoms with Crippen molar-refractivity contribution in [1.29, 1.82) is 0 Å². The fourth-order valence-electron chi connectivity index (χ4n) is 3.09. The van der Waals surface area contributed by atoms with Gasteiger partial charge in [-0.2, -0.15) is 0 Å². The molecule has 2 N–H and O–H groups in total. The number of aromatic nitrogens is 1. The Labute approximate surface area is 150 Å². The lowest BCUT2D eigenvalue weighted by Gasteiger charge is -2.37. The van der Waals surface area contributed by atoms with Crippen LogP contribution in [0, 0.1) is 0 Å². The first kappa shape index (κ1) is 16.5. The Kier molecular flexibility index (Phi) is 3.86. The van der Waals surface area contributed by atoms with Crippen LogP contribution >= 0.6 is 0 Å². The number of pyridine rings is 1. The van der Waals surface area contributed by atoms with Crippen molar-refractivity contribution in [3.63, 3.8) is 0 Å². The van der Waals surface area contributed by atoms with Crippen molar-refractivity contribution < 1.29 is 13.2 Å². The minimum absolute atomic E-state index is 0.396. The number of carbonyl (C=O) groups is 1. The zero-order valence-corrected chi connectivity index (χ0v) is 14.7. The van der Waals surface area contributed by atoms with Crippen molar-refractivity contribution in [2.24, 2.45) is 0 Å². The van der Waals surface area contributed by atoms with E-state index in [1.54, 1.807) is 24.4 Å². The normalized spacial score (nSPS) is 17.0. The number of hydrogen-bond donors (Lipinski definition) is 2. The van der Waals surface area contributed by atoms with Crippen LogP contribution in [0.15, 0.2) is 60.8 Å². The molecule has 0 unspecified atom stereocenters. The van der Waals surface area contributed by atoms with Crippen LogP contribution in [0.25, 0.3) is 10.9 Å². The predicted octanol–water partition coefficient (Wildman–Crippen LogP) is 2.27. The van der Waals surface area contributed by atoms with Crippen molar-refractivity contribution >= 4 is 32.5 Å². The van der Waals surface area contributed by atoms with E-state index in [-0.39, 0.29) is 0 Å². The molecule has 1 aliphatic rings. The van der Waals surface area contributed by atoms with E-state index in [0.29, 0.717) is 22.3 Å². The average Bonchev–Trinajstić information content (AvgIpc) is 2.62. The summed E-state index contributed by atoms with van der Waals surface area (Å²) in [7, 11) is -3.66. The summed E-state index contributed by atoms with van der Waals surface area (Å²) in [6, 6.07) is 16.3. The zero-order chi connectivity index (χ0) is 18.3. The van der Waals surface area contributed by atoms with Crippen LogP contribution in [-0.4, -0.2) is 30.6 Å². The summed E-state index contributed by atoms with van der Waals surface area (Å²) in [6.45, 7) is 0. The Morgan fingerprint density at radius 1 is 1.08 bits per heavy atom. The SMILES string of the molecule is CS(=O)(=O)NN1C(=O)c2ccccc2N[C@@H]1c1cccc2cccnc12. The predicted molar refractivity (Wildman–Crippen MR) is 98.7 cm³/mol. The molecule has 3 aromatic rings. The van der Waals surface area contributed by atoms with Gasteiger partial charge in [0, 0.05) is 22.8 Å². The first-order valence-corrected chi connectivity index (χ1v) is 9.83. The van der Waals surface area contributed by atoms with Gasteiger partial charge in [0.1, 0.15) is 6.17 Å². The molecule has 0 saturated carbocycles. The molecule has 0 saturated heterocycles. The second kappa shape index (κ2) is 6.08. The van der Waals surface area contributed by atoms with Crippen molar-refractivity contribution in [2.75, 3.05) is 11.6 Å². The Morgan fingerprint density at radius 3 is 2.65 bits per heavy atom. The van der Waals surface area contributed by atoms with Gasteiger partial charge in [0.2, 0.25) is 10.0 Å². The maximum Gasteiger partial charge on any atom is 0.273 e. The number of nitrogens with one attached hydrogen (secondary N) is 2. The van der Waals surface area contributed by atoms with Gasteiger partial charge in [0.25, 0.3) is 5.91 Å². The first-order chi connectivity index (χ1) is 12.4. The van der Waals surface area contributed by atoms with Gasteiger partial charge < -0.3 is 5.32 Å². The van der Waals surface area contributed by atoms with Crippen LogP contribution < -0.4 is 10.1 Å². The number of benzene rings is 2. The largest absolute Gasteiger partial charge is 0.360 e. The molecule has 132 valence electrons. The molecule has 7 nitrogen and oxygen atoms in total. The molecule has 26 heavy (non-hydrogen) atoms. The van der Waals surface area contributed by atoms with E-state index >= 15 is 0 Å². The number of nitrogens with zero attached hydrogens (tertiary/aromatic N) is 2. The first-order valence-electron chi connectivity index (χ1n) is 7.94. The van der Waals surface area contributed by atoms with Crippen LogP contribution in [0.2, 0.25) is 0 Å². The standard InChI is InChI=1S/C18H16N4O3S/c1-26(24,25)21-22-17(20-15-10-3-2-8-13(15)18(22)23)14-9-4-6-12-7-5-11-19-16(12)14/h2-11,17,20-21H,1H3/t17-/m0/s1. The third kappa shape index (κ3) is 2.89. The number of sulfonamides is 1. The maximum atomic E-state index is 13.0. The van der Waals surface area contributed by atoms with Gasteiger partial charge in [0.05, 0.1) is 17.3 Å². The average molecular weight is 368 g/mol. The highest BCUT2D eigenvalue weighted by Gasteiger charge is 2.35. The fourth-order valence-corrected chi connectivity index (χ4v) is 3.64. The van der Waals surface area contributed by atoms with Crippen LogP contribution in [0.5, 0.6) is 0 Å². The molecule has 2 heterocycles. The van der Waals surface area contributed by atoms with E-state index in [1.165, 1.54) is 0 Å². The van der Waals surface area contributed by atoms with E-state index in [4.69, 9.17) is 0 Å². The molecule has 0 radical (unpaired) electrons. The monoisotopic (exact) mass is 368 g/mol. The number of anilines is 1. The highest BCUT2D eigenvalue weighted by molar-refractivity contribution is 7.88. The molecular formula is C18H16N4O3S. The molecule has 0 aliphatic carbocycles. The van der Waals surface area contributed by atoms with Crippen LogP contribution in [0.1, 0.15) is 22.1 Å². The van der Waals surface area contributed by atoms with E-state index in [2.05, 4.69) is 15.1 Å². The van der Waals surface area contributed by atoms with Crippen molar-refractivity contribution in [3.8, 4) is 0 Å². The minimum Gasteiger partial charge on any atom is -0.360 e. The number of para-hydroxylation sites is 2.